The zero-order chi connectivity index (χ0) is 17.7. The minimum Gasteiger partial charge on any atom is -0.507 e. The van der Waals surface area contributed by atoms with Crippen LogP contribution < -0.4 is 9.47 Å². The van der Waals surface area contributed by atoms with Crippen LogP contribution in [0.2, 0.25) is 0 Å². The molecule has 24 heavy (non-hydrogen) atoms. The van der Waals surface area contributed by atoms with E-state index in [0.717, 1.165) is 0 Å². The predicted molar refractivity (Wildman–Crippen MR) is 95.9 cm³/mol. The highest BCUT2D eigenvalue weighted by Gasteiger charge is 2.12. The molecule has 0 unspecified atom stereocenters. The van der Waals surface area contributed by atoms with Gasteiger partial charge in [-0.1, -0.05) is 27.7 Å². The number of rotatable bonds is 7. The lowest BCUT2D eigenvalue weighted by Crippen LogP contribution is -2.04. The number of aromatic hydroxyl groups is 2. The maximum absolute atomic E-state index is 10.3. The molecule has 0 fully saturated rings. The Morgan fingerprint density at radius 2 is 1.08 bits per heavy atom. The number of benzene rings is 2. The van der Waals surface area contributed by atoms with Gasteiger partial charge in [-0.25, -0.2) is 0 Å². The maximum atomic E-state index is 10.3. The number of phenolic OH excluding ortho intramolecular Hbond substituents is 2. The zero-order valence-corrected chi connectivity index (χ0v) is 14.7. The van der Waals surface area contributed by atoms with E-state index in [2.05, 4.69) is 27.7 Å². The van der Waals surface area contributed by atoms with Crippen molar-refractivity contribution in [3.05, 3.63) is 36.4 Å². The molecule has 0 spiro atoms. The Balaban J connectivity index is 2.19. The highest BCUT2D eigenvalue weighted by molar-refractivity contribution is 5.76. The van der Waals surface area contributed by atoms with Gasteiger partial charge in [-0.3, -0.25) is 0 Å². The largest absolute Gasteiger partial charge is 0.507 e. The molecule has 2 aromatic carbocycles. The lowest BCUT2D eigenvalue weighted by Gasteiger charge is -2.13. The van der Waals surface area contributed by atoms with Crippen LogP contribution in [0.5, 0.6) is 23.0 Å². The molecule has 0 aliphatic heterocycles. The first-order chi connectivity index (χ1) is 11.4. The lowest BCUT2D eigenvalue weighted by atomic mass is 10.0. The number of ether oxygens (including phenoxy) is 2. The van der Waals surface area contributed by atoms with Gasteiger partial charge < -0.3 is 19.7 Å². The van der Waals surface area contributed by atoms with Crippen molar-refractivity contribution in [3.8, 4) is 34.1 Å². The van der Waals surface area contributed by atoms with E-state index in [0.29, 0.717) is 47.7 Å². The van der Waals surface area contributed by atoms with Crippen molar-refractivity contribution >= 4 is 0 Å². The normalized spacial score (nSPS) is 11.1. The van der Waals surface area contributed by atoms with E-state index in [1.54, 1.807) is 36.4 Å². The zero-order valence-electron chi connectivity index (χ0n) is 14.7. The quantitative estimate of drug-likeness (QED) is 0.763. The van der Waals surface area contributed by atoms with Crippen LogP contribution in [-0.2, 0) is 0 Å². The average molecular weight is 330 g/mol. The van der Waals surface area contributed by atoms with E-state index in [9.17, 15) is 10.2 Å². The van der Waals surface area contributed by atoms with Crippen molar-refractivity contribution in [1.82, 2.24) is 0 Å². The van der Waals surface area contributed by atoms with E-state index < -0.39 is 0 Å². The Kier molecular flexibility index (Phi) is 5.96. The van der Waals surface area contributed by atoms with Gasteiger partial charge in [0, 0.05) is 23.3 Å². The first kappa shape index (κ1) is 18.0. The van der Waals surface area contributed by atoms with Gasteiger partial charge in [0.1, 0.15) is 23.0 Å². The van der Waals surface area contributed by atoms with E-state index in [1.807, 2.05) is 0 Å². The van der Waals surface area contributed by atoms with Gasteiger partial charge in [-0.05, 0) is 36.1 Å². The molecular weight excluding hydrogens is 304 g/mol. The molecule has 2 aromatic rings. The second-order valence-electron chi connectivity index (χ2n) is 6.77. The van der Waals surface area contributed by atoms with E-state index in [-0.39, 0.29) is 11.5 Å². The van der Waals surface area contributed by atoms with Crippen LogP contribution in [-0.4, -0.2) is 23.4 Å². The van der Waals surface area contributed by atoms with E-state index >= 15 is 0 Å². The summed E-state index contributed by atoms with van der Waals surface area (Å²) in [7, 11) is 0. The summed E-state index contributed by atoms with van der Waals surface area (Å²) in [5.74, 6) is 2.19. The molecule has 0 bridgehead atoms. The molecule has 0 radical (unpaired) electrons. The summed E-state index contributed by atoms with van der Waals surface area (Å²) in [5.41, 5.74) is 1.11. The third-order valence-electron chi connectivity index (χ3n) is 3.40. The molecule has 0 amide bonds. The van der Waals surface area contributed by atoms with Gasteiger partial charge in [0.05, 0.1) is 13.2 Å². The molecular formula is C20H26O4. The second-order valence-corrected chi connectivity index (χ2v) is 6.77. The van der Waals surface area contributed by atoms with Gasteiger partial charge >= 0.3 is 0 Å². The van der Waals surface area contributed by atoms with Crippen LogP contribution in [0, 0.1) is 11.8 Å². The summed E-state index contributed by atoms with van der Waals surface area (Å²) < 4.78 is 11.2. The van der Waals surface area contributed by atoms with Crippen LogP contribution in [0.15, 0.2) is 36.4 Å². The number of hydrogen-bond acceptors (Lipinski definition) is 4. The van der Waals surface area contributed by atoms with Crippen LogP contribution >= 0.6 is 0 Å². The molecule has 0 aliphatic rings. The van der Waals surface area contributed by atoms with Gasteiger partial charge in [-0.2, -0.15) is 0 Å². The summed E-state index contributed by atoms with van der Waals surface area (Å²) in [4.78, 5) is 0. The molecule has 0 heterocycles. The minimum atomic E-state index is 0.0717. The Labute approximate surface area is 143 Å². The second kappa shape index (κ2) is 7.95. The molecule has 4 nitrogen and oxygen atoms in total. The fourth-order valence-electron chi connectivity index (χ4n) is 2.18. The Morgan fingerprint density at radius 3 is 1.38 bits per heavy atom. The fraction of sp³-hybridized carbons (Fsp3) is 0.400. The van der Waals surface area contributed by atoms with Crippen molar-refractivity contribution in [1.29, 1.82) is 0 Å². The maximum Gasteiger partial charge on any atom is 0.127 e. The summed E-state index contributed by atoms with van der Waals surface area (Å²) in [6.07, 6.45) is 0. The summed E-state index contributed by atoms with van der Waals surface area (Å²) >= 11 is 0. The third-order valence-corrected chi connectivity index (χ3v) is 3.40. The monoisotopic (exact) mass is 330 g/mol. The van der Waals surface area contributed by atoms with E-state index in [4.69, 9.17) is 9.47 Å². The summed E-state index contributed by atoms with van der Waals surface area (Å²) in [6.45, 7) is 9.44. The van der Waals surface area contributed by atoms with Gasteiger partial charge in [0.25, 0.3) is 0 Å². The molecule has 4 heteroatoms. The minimum absolute atomic E-state index is 0.0717. The number of hydrogen-bond donors (Lipinski definition) is 2. The van der Waals surface area contributed by atoms with Crippen molar-refractivity contribution in [2.75, 3.05) is 13.2 Å². The summed E-state index contributed by atoms with van der Waals surface area (Å²) in [6, 6.07) is 10.2. The molecule has 0 atom stereocenters. The van der Waals surface area contributed by atoms with Gasteiger partial charge in [0.2, 0.25) is 0 Å². The Bertz CT molecular complexity index is 618. The van der Waals surface area contributed by atoms with Crippen molar-refractivity contribution < 1.29 is 19.7 Å². The molecule has 130 valence electrons. The Morgan fingerprint density at radius 1 is 0.708 bits per heavy atom. The Hall–Kier alpha value is -2.36. The van der Waals surface area contributed by atoms with Crippen molar-refractivity contribution in [2.45, 2.75) is 27.7 Å². The highest BCUT2D eigenvalue weighted by atomic mass is 16.5. The first-order valence-corrected chi connectivity index (χ1v) is 8.28. The summed E-state index contributed by atoms with van der Waals surface area (Å²) in [5, 5.41) is 20.5. The smallest absolute Gasteiger partial charge is 0.127 e. The highest BCUT2D eigenvalue weighted by Crippen LogP contribution is 2.39. The van der Waals surface area contributed by atoms with Crippen LogP contribution in [0.3, 0.4) is 0 Å². The topological polar surface area (TPSA) is 58.9 Å². The van der Waals surface area contributed by atoms with Crippen LogP contribution in [0.1, 0.15) is 27.7 Å². The van der Waals surface area contributed by atoms with Crippen LogP contribution in [0.25, 0.3) is 11.1 Å². The van der Waals surface area contributed by atoms with Crippen molar-refractivity contribution in [3.63, 3.8) is 0 Å². The molecule has 0 saturated carbocycles. The molecule has 0 saturated heterocycles. The first-order valence-electron chi connectivity index (χ1n) is 8.28. The molecule has 0 aliphatic carbocycles. The molecule has 2 rings (SSSR count). The van der Waals surface area contributed by atoms with Crippen LogP contribution in [0.4, 0.5) is 0 Å². The molecule has 2 N–H and O–H groups in total. The SMILES string of the molecule is CC(C)COc1ccc(-c2ccc(OCC(C)C)cc2O)c(O)c1. The standard InChI is InChI=1S/C20H26O4/c1-13(2)11-23-15-5-7-17(19(21)9-15)18-8-6-16(10-20(18)22)24-12-14(3)4/h5-10,13-14,21-22H,11-12H2,1-4H3. The van der Waals surface area contributed by atoms with Gasteiger partial charge in [-0.15, -0.1) is 0 Å². The van der Waals surface area contributed by atoms with E-state index in [1.165, 1.54) is 0 Å². The van der Waals surface area contributed by atoms with Gasteiger partial charge in [0.15, 0.2) is 0 Å². The average Bonchev–Trinajstić information content (AvgIpc) is 2.52. The predicted octanol–water partition coefficient (Wildman–Crippen LogP) is 4.83. The molecule has 0 aromatic heterocycles. The third kappa shape index (κ3) is 4.82. The number of phenols is 2. The fourth-order valence-corrected chi connectivity index (χ4v) is 2.18. The van der Waals surface area contributed by atoms with Crippen molar-refractivity contribution in [2.24, 2.45) is 11.8 Å². The lowest BCUT2D eigenvalue weighted by molar-refractivity contribution is 0.269.